The molecule has 0 heterocycles. The van der Waals surface area contributed by atoms with E-state index in [0.29, 0.717) is 28.8 Å². The van der Waals surface area contributed by atoms with Crippen LogP contribution in [0.1, 0.15) is 23.2 Å². The number of Topliss-reactive ketones (excluding diaryl/α,β-unsaturated/α-hetero) is 1. The van der Waals surface area contributed by atoms with Crippen molar-refractivity contribution in [1.29, 1.82) is 0 Å². The molecular weight excluding hydrogens is 270 g/mol. The summed E-state index contributed by atoms with van der Waals surface area (Å²) in [4.78, 5) is 11.4. The monoisotopic (exact) mass is 278 g/mol. The fourth-order valence-electron chi connectivity index (χ4n) is 1.04. The Kier molecular flexibility index (Phi) is 4.55. The van der Waals surface area contributed by atoms with E-state index in [1.165, 1.54) is 12.1 Å². The second-order valence-electron chi connectivity index (χ2n) is 2.84. The summed E-state index contributed by atoms with van der Waals surface area (Å²) in [6.07, 6.45) is 0.989. The molecule has 0 saturated heterocycles. The van der Waals surface area contributed by atoms with Crippen molar-refractivity contribution >= 4 is 33.3 Å². The molecule has 0 bridgehead atoms. The van der Waals surface area contributed by atoms with Crippen LogP contribution in [0.2, 0.25) is 0 Å². The molecular formula is C10H9BrClFO. The maximum absolute atomic E-state index is 13.0. The summed E-state index contributed by atoms with van der Waals surface area (Å²) < 4.78 is 13.4. The van der Waals surface area contributed by atoms with Crippen LogP contribution in [0.15, 0.2) is 22.7 Å². The first-order valence-electron chi connectivity index (χ1n) is 4.19. The van der Waals surface area contributed by atoms with Crippen molar-refractivity contribution in [3.8, 4) is 0 Å². The second-order valence-corrected chi connectivity index (χ2v) is 4.08. The molecule has 0 amide bonds. The SMILES string of the molecule is O=C(CCCCl)c1ccc(Br)c(F)c1. The number of carbonyl (C=O) groups excluding carboxylic acids is 1. The van der Waals surface area contributed by atoms with Crippen LogP contribution >= 0.6 is 27.5 Å². The molecule has 14 heavy (non-hydrogen) atoms. The van der Waals surface area contributed by atoms with Crippen LogP contribution in [0, 0.1) is 5.82 Å². The van der Waals surface area contributed by atoms with Gasteiger partial charge in [0.05, 0.1) is 4.47 Å². The third-order valence-corrected chi connectivity index (χ3v) is 2.69. The predicted molar refractivity (Wildman–Crippen MR) is 58.4 cm³/mol. The maximum atomic E-state index is 13.0. The zero-order valence-electron chi connectivity index (χ0n) is 7.40. The summed E-state index contributed by atoms with van der Waals surface area (Å²) in [7, 11) is 0. The van der Waals surface area contributed by atoms with E-state index < -0.39 is 5.82 Å². The van der Waals surface area contributed by atoms with Crippen LogP contribution in [0.4, 0.5) is 4.39 Å². The van der Waals surface area contributed by atoms with Gasteiger partial charge in [-0.15, -0.1) is 11.6 Å². The maximum Gasteiger partial charge on any atom is 0.163 e. The lowest BCUT2D eigenvalue weighted by Gasteiger charge is -2.00. The van der Waals surface area contributed by atoms with Crippen LogP contribution in [0.5, 0.6) is 0 Å². The lowest BCUT2D eigenvalue weighted by Crippen LogP contribution is -2.00. The number of hydrogen-bond acceptors (Lipinski definition) is 1. The lowest BCUT2D eigenvalue weighted by atomic mass is 10.1. The number of benzene rings is 1. The molecule has 1 aromatic carbocycles. The van der Waals surface area contributed by atoms with Gasteiger partial charge >= 0.3 is 0 Å². The minimum atomic E-state index is -0.415. The van der Waals surface area contributed by atoms with Crippen molar-refractivity contribution in [3.05, 3.63) is 34.1 Å². The first kappa shape index (κ1) is 11.7. The fourth-order valence-corrected chi connectivity index (χ4v) is 1.42. The third-order valence-electron chi connectivity index (χ3n) is 1.78. The zero-order chi connectivity index (χ0) is 10.6. The first-order chi connectivity index (χ1) is 6.65. The van der Waals surface area contributed by atoms with E-state index in [1.807, 2.05) is 0 Å². The summed E-state index contributed by atoms with van der Waals surface area (Å²) in [5.41, 5.74) is 0.399. The molecule has 0 aliphatic heterocycles. The Hall–Kier alpha value is -0.410. The Bertz CT molecular complexity index is 341. The average molecular weight is 280 g/mol. The van der Waals surface area contributed by atoms with Gasteiger partial charge in [0.25, 0.3) is 0 Å². The Morgan fingerprint density at radius 2 is 2.21 bits per heavy atom. The van der Waals surface area contributed by atoms with Gasteiger partial charge in [0.1, 0.15) is 5.82 Å². The number of carbonyl (C=O) groups is 1. The quantitative estimate of drug-likeness (QED) is 0.605. The Labute approximate surface area is 95.4 Å². The van der Waals surface area contributed by atoms with Gasteiger partial charge in [0.2, 0.25) is 0 Å². The first-order valence-corrected chi connectivity index (χ1v) is 5.52. The summed E-state index contributed by atoms with van der Waals surface area (Å²) in [5.74, 6) is -0.0381. The molecule has 0 aliphatic carbocycles. The van der Waals surface area contributed by atoms with Gasteiger partial charge < -0.3 is 0 Å². The molecule has 1 rings (SSSR count). The highest BCUT2D eigenvalue weighted by Gasteiger charge is 2.07. The molecule has 1 nitrogen and oxygen atoms in total. The van der Waals surface area contributed by atoms with Crippen molar-refractivity contribution in [1.82, 2.24) is 0 Å². The highest BCUT2D eigenvalue weighted by Crippen LogP contribution is 2.17. The highest BCUT2D eigenvalue weighted by atomic mass is 79.9. The molecule has 0 spiro atoms. The average Bonchev–Trinajstić information content (AvgIpc) is 2.18. The van der Waals surface area contributed by atoms with Gasteiger partial charge in [-0.1, -0.05) is 6.07 Å². The van der Waals surface area contributed by atoms with Crippen LogP contribution < -0.4 is 0 Å². The van der Waals surface area contributed by atoms with Crippen molar-refractivity contribution in [2.45, 2.75) is 12.8 Å². The molecule has 0 atom stereocenters. The van der Waals surface area contributed by atoms with Crippen LogP contribution in [-0.4, -0.2) is 11.7 Å². The standard InChI is InChI=1S/C10H9BrClFO/c11-8-4-3-7(6-9(8)13)10(14)2-1-5-12/h3-4,6H,1-2,5H2. The van der Waals surface area contributed by atoms with Crippen LogP contribution in [-0.2, 0) is 0 Å². The Balaban J connectivity index is 2.76. The number of halogens is 3. The van der Waals surface area contributed by atoms with Crippen LogP contribution in [0.3, 0.4) is 0 Å². The third kappa shape index (κ3) is 3.07. The van der Waals surface area contributed by atoms with Crippen molar-refractivity contribution in [2.24, 2.45) is 0 Å². The molecule has 0 unspecified atom stereocenters. The van der Waals surface area contributed by atoms with Crippen molar-refractivity contribution in [2.75, 3.05) is 5.88 Å². The lowest BCUT2D eigenvalue weighted by molar-refractivity contribution is 0.0981. The summed E-state index contributed by atoms with van der Waals surface area (Å²) in [6.45, 7) is 0. The summed E-state index contributed by atoms with van der Waals surface area (Å²) in [6, 6.07) is 4.37. The zero-order valence-corrected chi connectivity index (χ0v) is 9.74. The normalized spacial score (nSPS) is 10.2. The number of hydrogen-bond donors (Lipinski definition) is 0. The number of rotatable bonds is 4. The van der Waals surface area contributed by atoms with Crippen molar-refractivity contribution in [3.63, 3.8) is 0 Å². The minimum absolute atomic E-state index is 0.0722. The molecule has 0 saturated carbocycles. The van der Waals surface area contributed by atoms with Gasteiger partial charge in [0, 0.05) is 17.9 Å². The Morgan fingerprint density at radius 3 is 2.79 bits per heavy atom. The van der Waals surface area contributed by atoms with Gasteiger partial charge in [-0.25, -0.2) is 4.39 Å². The molecule has 0 aliphatic rings. The van der Waals surface area contributed by atoms with Gasteiger partial charge in [0.15, 0.2) is 5.78 Å². The van der Waals surface area contributed by atoms with Gasteiger partial charge in [-0.05, 0) is 34.5 Å². The van der Waals surface area contributed by atoms with E-state index >= 15 is 0 Å². The molecule has 76 valence electrons. The minimum Gasteiger partial charge on any atom is -0.294 e. The van der Waals surface area contributed by atoms with Gasteiger partial charge in [-0.3, -0.25) is 4.79 Å². The van der Waals surface area contributed by atoms with E-state index in [1.54, 1.807) is 6.07 Å². The van der Waals surface area contributed by atoms with E-state index in [2.05, 4.69) is 15.9 Å². The molecule has 4 heteroatoms. The predicted octanol–water partition coefficient (Wildman–Crippen LogP) is 3.79. The highest BCUT2D eigenvalue weighted by molar-refractivity contribution is 9.10. The van der Waals surface area contributed by atoms with Gasteiger partial charge in [-0.2, -0.15) is 0 Å². The van der Waals surface area contributed by atoms with Crippen molar-refractivity contribution < 1.29 is 9.18 Å². The van der Waals surface area contributed by atoms with E-state index in [9.17, 15) is 9.18 Å². The summed E-state index contributed by atoms with van der Waals surface area (Å²) in [5, 5.41) is 0. The van der Waals surface area contributed by atoms with E-state index in [4.69, 9.17) is 11.6 Å². The fraction of sp³-hybridized carbons (Fsp3) is 0.300. The number of alkyl halides is 1. The second kappa shape index (κ2) is 5.47. The molecule has 0 aromatic heterocycles. The number of ketones is 1. The summed E-state index contributed by atoms with van der Waals surface area (Å²) >= 11 is 8.48. The molecule has 0 fully saturated rings. The Morgan fingerprint density at radius 1 is 1.50 bits per heavy atom. The van der Waals surface area contributed by atoms with Crippen LogP contribution in [0.25, 0.3) is 0 Å². The largest absolute Gasteiger partial charge is 0.294 e. The van der Waals surface area contributed by atoms with E-state index in [-0.39, 0.29) is 5.78 Å². The topological polar surface area (TPSA) is 17.1 Å². The molecule has 1 aromatic rings. The molecule has 0 radical (unpaired) electrons. The molecule has 0 N–H and O–H groups in total. The smallest absolute Gasteiger partial charge is 0.163 e. The van der Waals surface area contributed by atoms with E-state index in [0.717, 1.165) is 0 Å².